The van der Waals surface area contributed by atoms with Crippen molar-refractivity contribution in [2.75, 3.05) is 33.2 Å². The highest BCUT2D eigenvalue weighted by atomic mass is 32.2. The summed E-state index contributed by atoms with van der Waals surface area (Å²) >= 11 is 0. The number of nitrogens with zero attached hydrogens (tertiary/aromatic N) is 2. The quantitative estimate of drug-likeness (QED) is 0.855. The molecule has 0 spiro atoms. The van der Waals surface area contributed by atoms with Crippen LogP contribution in [0.25, 0.3) is 0 Å². The van der Waals surface area contributed by atoms with Crippen molar-refractivity contribution in [1.29, 1.82) is 0 Å². The van der Waals surface area contributed by atoms with Gasteiger partial charge in [-0.05, 0) is 43.3 Å². The van der Waals surface area contributed by atoms with E-state index in [1.54, 1.807) is 24.3 Å². The van der Waals surface area contributed by atoms with Crippen molar-refractivity contribution in [1.82, 2.24) is 14.5 Å². The van der Waals surface area contributed by atoms with Gasteiger partial charge in [0.15, 0.2) is 5.76 Å². The first kappa shape index (κ1) is 18.6. The van der Waals surface area contributed by atoms with Gasteiger partial charge in [-0.25, -0.2) is 13.1 Å². The highest BCUT2D eigenvalue weighted by molar-refractivity contribution is 7.89. The Morgan fingerprint density at radius 3 is 2.54 bits per heavy atom. The summed E-state index contributed by atoms with van der Waals surface area (Å²) in [5.41, 5.74) is 1.05. The van der Waals surface area contributed by atoms with E-state index in [9.17, 15) is 13.2 Å². The molecule has 0 saturated carbocycles. The molecule has 0 radical (unpaired) electrons. The van der Waals surface area contributed by atoms with Crippen LogP contribution < -0.4 is 4.72 Å². The van der Waals surface area contributed by atoms with E-state index >= 15 is 0 Å². The lowest BCUT2D eigenvalue weighted by atomic mass is 10.2. The smallest absolute Gasteiger partial charge is 0.289 e. The molecule has 1 N–H and O–H groups in total. The predicted octanol–water partition coefficient (Wildman–Crippen LogP) is 1.54. The Balaban J connectivity index is 1.59. The first-order valence-electron chi connectivity index (χ1n) is 8.57. The van der Waals surface area contributed by atoms with E-state index in [-0.39, 0.29) is 10.8 Å². The summed E-state index contributed by atoms with van der Waals surface area (Å²) in [5, 5.41) is 0. The standard InChI is InChI=1S/C18H23N3O4S/c1-19-26(23,24)16-7-5-15(6-8-16)14-20-9-3-10-21(12-11-20)18(22)17-4-2-13-25-17/h2,4-8,13,19H,3,9-12,14H2,1H3. The van der Waals surface area contributed by atoms with Crippen molar-refractivity contribution in [2.24, 2.45) is 0 Å². The molecule has 0 unspecified atom stereocenters. The van der Waals surface area contributed by atoms with Crippen molar-refractivity contribution in [3.63, 3.8) is 0 Å². The zero-order valence-corrected chi connectivity index (χ0v) is 15.5. The van der Waals surface area contributed by atoms with Crippen LogP contribution in [0.1, 0.15) is 22.5 Å². The van der Waals surface area contributed by atoms with Crippen molar-refractivity contribution in [3.05, 3.63) is 54.0 Å². The van der Waals surface area contributed by atoms with Gasteiger partial charge in [0.05, 0.1) is 11.2 Å². The average Bonchev–Trinajstić information content (AvgIpc) is 3.09. The molecule has 1 aliphatic rings. The van der Waals surface area contributed by atoms with Crippen LogP contribution >= 0.6 is 0 Å². The molecule has 0 atom stereocenters. The van der Waals surface area contributed by atoms with Crippen LogP contribution in [0.2, 0.25) is 0 Å². The summed E-state index contributed by atoms with van der Waals surface area (Å²) < 4.78 is 31.1. The van der Waals surface area contributed by atoms with E-state index in [0.717, 1.165) is 31.6 Å². The Labute approximate surface area is 153 Å². The maximum Gasteiger partial charge on any atom is 0.289 e. The van der Waals surface area contributed by atoms with Gasteiger partial charge in [0, 0.05) is 32.7 Å². The lowest BCUT2D eigenvalue weighted by Gasteiger charge is -2.21. The molecule has 1 amide bonds. The number of benzene rings is 1. The third-order valence-electron chi connectivity index (χ3n) is 4.52. The second-order valence-electron chi connectivity index (χ2n) is 6.25. The first-order valence-corrected chi connectivity index (χ1v) is 10.1. The van der Waals surface area contributed by atoms with Gasteiger partial charge in [-0.15, -0.1) is 0 Å². The molecule has 1 fully saturated rings. The molecule has 140 valence electrons. The van der Waals surface area contributed by atoms with Gasteiger partial charge in [0.2, 0.25) is 10.0 Å². The molecule has 1 saturated heterocycles. The normalized spacial score (nSPS) is 16.4. The number of carbonyl (C=O) groups excluding carboxylic acids is 1. The fourth-order valence-corrected chi connectivity index (χ4v) is 3.77. The van der Waals surface area contributed by atoms with Gasteiger partial charge in [0.1, 0.15) is 0 Å². The minimum atomic E-state index is -3.41. The van der Waals surface area contributed by atoms with Crippen molar-refractivity contribution < 1.29 is 17.6 Å². The minimum absolute atomic E-state index is 0.0709. The van der Waals surface area contributed by atoms with E-state index in [1.807, 2.05) is 17.0 Å². The monoisotopic (exact) mass is 377 g/mol. The van der Waals surface area contributed by atoms with Crippen LogP contribution in [-0.4, -0.2) is 57.4 Å². The lowest BCUT2D eigenvalue weighted by molar-refractivity contribution is 0.0729. The van der Waals surface area contributed by atoms with Crippen molar-refractivity contribution in [3.8, 4) is 0 Å². The van der Waals surface area contributed by atoms with Crippen LogP contribution in [0.15, 0.2) is 52.0 Å². The third-order valence-corrected chi connectivity index (χ3v) is 5.95. The minimum Gasteiger partial charge on any atom is -0.459 e. The molecule has 26 heavy (non-hydrogen) atoms. The van der Waals surface area contributed by atoms with Crippen LogP contribution in [0.5, 0.6) is 0 Å². The number of carbonyl (C=O) groups is 1. The molecule has 0 aliphatic carbocycles. The van der Waals surface area contributed by atoms with Gasteiger partial charge in [-0.1, -0.05) is 12.1 Å². The van der Waals surface area contributed by atoms with Gasteiger partial charge in [-0.2, -0.15) is 0 Å². The fourth-order valence-electron chi connectivity index (χ4n) is 3.04. The zero-order valence-electron chi connectivity index (χ0n) is 14.7. The maximum atomic E-state index is 12.4. The van der Waals surface area contributed by atoms with Crippen LogP contribution in [0.4, 0.5) is 0 Å². The third kappa shape index (κ3) is 4.32. The summed E-state index contributed by atoms with van der Waals surface area (Å²) in [5.74, 6) is 0.304. The highest BCUT2D eigenvalue weighted by Gasteiger charge is 2.22. The van der Waals surface area contributed by atoms with E-state index in [0.29, 0.717) is 18.8 Å². The first-order chi connectivity index (χ1) is 12.5. The number of furan rings is 1. The number of sulfonamides is 1. The number of hydrogen-bond acceptors (Lipinski definition) is 5. The Bertz CT molecular complexity index is 832. The highest BCUT2D eigenvalue weighted by Crippen LogP contribution is 2.14. The molecule has 8 heteroatoms. The molecule has 0 bridgehead atoms. The Morgan fingerprint density at radius 1 is 1.12 bits per heavy atom. The average molecular weight is 377 g/mol. The topological polar surface area (TPSA) is 82.9 Å². The maximum absolute atomic E-state index is 12.4. The van der Waals surface area contributed by atoms with E-state index < -0.39 is 10.0 Å². The van der Waals surface area contributed by atoms with Gasteiger partial charge >= 0.3 is 0 Å². The molecular weight excluding hydrogens is 354 g/mol. The summed E-state index contributed by atoms with van der Waals surface area (Å²) in [6.07, 6.45) is 2.40. The number of amides is 1. The predicted molar refractivity (Wildman–Crippen MR) is 97.2 cm³/mol. The van der Waals surface area contributed by atoms with Crippen molar-refractivity contribution in [2.45, 2.75) is 17.9 Å². The summed E-state index contributed by atoms with van der Waals surface area (Å²) in [7, 11) is -2.01. The summed E-state index contributed by atoms with van der Waals surface area (Å²) in [4.78, 5) is 16.7. The molecular formula is C18H23N3O4S. The SMILES string of the molecule is CNS(=O)(=O)c1ccc(CN2CCCN(C(=O)c3ccco3)CC2)cc1. The second-order valence-corrected chi connectivity index (χ2v) is 8.14. The Morgan fingerprint density at radius 2 is 1.88 bits per heavy atom. The molecule has 3 rings (SSSR count). The van der Waals surface area contributed by atoms with E-state index in [1.165, 1.54) is 13.3 Å². The molecule has 2 heterocycles. The van der Waals surface area contributed by atoms with Crippen LogP contribution in [0.3, 0.4) is 0 Å². The fraction of sp³-hybridized carbons (Fsp3) is 0.389. The van der Waals surface area contributed by atoms with E-state index in [2.05, 4.69) is 9.62 Å². The number of hydrogen-bond donors (Lipinski definition) is 1. The van der Waals surface area contributed by atoms with E-state index in [4.69, 9.17) is 4.42 Å². The number of rotatable bonds is 5. The molecule has 2 aromatic rings. The molecule has 1 aromatic carbocycles. The van der Waals surface area contributed by atoms with Crippen LogP contribution in [0, 0.1) is 0 Å². The van der Waals surface area contributed by atoms with Crippen molar-refractivity contribution >= 4 is 15.9 Å². The molecule has 1 aromatic heterocycles. The van der Waals surface area contributed by atoms with Gasteiger partial charge in [0.25, 0.3) is 5.91 Å². The zero-order chi connectivity index (χ0) is 18.6. The summed E-state index contributed by atoms with van der Waals surface area (Å²) in [6, 6.07) is 10.3. The van der Waals surface area contributed by atoms with Gasteiger partial charge in [-0.3, -0.25) is 9.69 Å². The largest absolute Gasteiger partial charge is 0.459 e. The Kier molecular flexibility index (Phi) is 5.75. The summed E-state index contributed by atoms with van der Waals surface area (Å²) in [6.45, 7) is 3.73. The lowest BCUT2D eigenvalue weighted by Crippen LogP contribution is -2.34. The molecule has 7 nitrogen and oxygen atoms in total. The number of nitrogens with one attached hydrogen (secondary N) is 1. The second kappa shape index (κ2) is 8.03. The molecule has 1 aliphatic heterocycles. The Hall–Kier alpha value is -2.16. The van der Waals surface area contributed by atoms with Gasteiger partial charge < -0.3 is 9.32 Å². The van der Waals surface area contributed by atoms with Crippen LogP contribution in [-0.2, 0) is 16.6 Å².